The topological polar surface area (TPSA) is 67.2 Å². The first-order chi connectivity index (χ1) is 14.0. The molecule has 2 aromatic heterocycles. The van der Waals surface area contributed by atoms with E-state index in [-0.39, 0.29) is 11.8 Å². The Balaban J connectivity index is 1.55. The summed E-state index contributed by atoms with van der Waals surface area (Å²) < 4.78 is 1.82. The minimum Gasteiger partial charge on any atom is -0.352 e. The molecule has 29 heavy (non-hydrogen) atoms. The summed E-state index contributed by atoms with van der Waals surface area (Å²) in [7, 11) is 0. The molecule has 1 amide bonds. The molecule has 0 atom stereocenters. The van der Waals surface area contributed by atoms with E-state index in [2.05, 4.69) is 33.8 Å². The van der Waals surface area contributed by atoms with Crippen molar-refractivity contribution in [1.82, 2.24) is 24.6 Å². The van der Waals surface area contributed by atoms with E-state index in [0.29, 0.717) is 23.7 Å². The van der Waals surface area contributed by atoms with Crippen LogP contribution in [0.25, 0.3) is 5.69 Å². The molecule has 0 radical (unpaired) electrons. The quantitative estimate of drug-likeness (QED) is 0.659. The number of benzene rings is 1. The number of hydrogen-bond acceptors (Lipinski definition) is 5. The zero-order valence-electron chi connectivity index (χ0n) is 16.5. The second kappa shape index (κ2) is 8.21. The first-order valence-corrected chi connectivity index (χ1v) is 10.1. The molecule has 1 fully saturated rings. The van der Waals surface area contributed by atoms with Gasteiger partial charge in [-0.1, -0.05) is 31.5 Å². The first kappa shape index (κ1) is 19.4. The lowest BCUT2D eigenvalue weighted by atomic mass is 10.0. The predicted octanol–water partition coefficient (Wildman–Crippen LogP) is 3.40. The number of amides is 1. The normalized spacial score (nSPS) is 14.5. The van der Waals surface area contributed by atoms with Gasteiger partial charge in [-0.3, -0.25) is 9.78 Å². The number of carbonyl (C=O) groups excluding carboxylic acids is 1. The van der Waals surface area contributed by atoms with Crippen molar-refractivity contribution >= 4 is 23.3 Å². The molecule has 3 aromatic rings. The summed E-state index contributed by atoms with van der Waals surface area (Å²) >= 11 is 6.15. The van der Waals surface area contributed by atoms with Gasteiger partial charge in [-0.05, 0) is 24.1 Å². The maximum atomic E-state index is 13.3. The molecular weight excluding hydrogens is 388 g/mol. The van der Waals surface area contributed by atoms with Gasteiger partial charge in [0.2, 0.25) is 0 Å². The van der Waals surface area contributed by atoms with Crippen molar-refractivity contribution in [3.05, 3.63) is 65.3 Å². The molecule has 1 aromatic carbocycles. The van der Waals surface area contributed by atoms with E-state index < -0.39 is 0 Å². The second-order valence-electron chi connectivity index (χ2n) is 7.33. The molecule has 150 valence electrons. The molecule has 1 saturated heterocycles. The number of anilines is 1. The molecule has 0 N–H and O–H groups in total. The van der Waals surface area contributed by atoms with Crippen LogP contribution in [-0.4, -0.2) is 56.7 Å². The highest BCUT2D eigenvalue weighted by molar-refractivity contribution is 6.30. The number of carbonyl (C=O) groups is 1. The predicted molar refractivity (Wildman–Crippen MR) is 113 cm³/mol. The molecule has 0 unspecified atom stereocenters. The minimum absolute atomic E-state index is 0.0146. The zero-order valence-corrected chi connectivity index (χ0v) is 17.3. The summed E-state index contributed by atoms with van der Waals surface area (Å²) in [6, 6.07) is 7.51. The van der Waals surface area contributed by atoms with Crippen LogP contribution < -0.4 is 4.90 Å². The molecule has 0 spiro atoms. The Morgan fingerprint density at radius 2 is 1.90 bits per heavy atom. The second-order valence-corrected chi connectivity index (χ2v) is 7.77. The smallest absolute Gasteiger partial charge is 0.257 e. The fourth-order valence-electron chi connectivity index (χ4n) is 3.66. The van der Waals surface area contributed by atoms with Crippen LogP contribution in [0, 0.1) is 0 Å². The lowest BCUT2D eigenvalue weighted by molar-refractivity contribution is 0.0745. The van der Waals surface area contributed by atoms with E-state index in [9.17, 15) is 4.79 Å². The highest BCUT2D eigenvalue weighted by atomic mass is 35.5. The molecular formula is C21H23ClN6O. The van der Waals surface area contributed by atoms with E-state index in [0.717, 1.165) is 30.3 Å². The van der Waals surface area contributed by atoms with Crippen LogP contribution in [0.2, 0.25) is 5.02 Å². The first-order valence-electron chi connectivity index (χ1n) is 9.68. The van der Waals surface area contributed by atoms with E-state index in [1.165, 1.54) is 0 Å². The third kappa shape index (κ3) is 3.96. The number of aromatic nitrogens is 4. The van der Waals surface area contributed by atoms with Crippen molar-refractivity contribution in [2.45, 2.75) is 19.8 Å². The fraction of sp³-hybridized carbons (Fsp3) is 0.333. The number of piperazine rings is 1. The number of rotatable bonds is 4. The van der Waals surface area contributed by atoms with Crippen molar-refractivity contribution in [3.8, 4) is 5.69 Å². The molecule has 3 heterocycles. The van der Waals surface area contributed by atoms with E-state index in [4.69, 9.17) is 11.6 Å². The van der Waals surface area contributed by atoms with Gasteiger partial charge < -0.3 is 9.80 Å². The minimum atomic E-state index is 0.0146. The maximum absolute atomic E-state index is 13.3. The number of nitrogens with zero attached hydrogens (tertiary/aromatic N) is 6. The third-order valence-electron chi connectivity index (χ3n) is 5.08. The molecule has 1 aliphatic rings. The van der Waals surface area contributed by atoms with Crippen molar-refractivity contribution in [3.63, 3.8) is 0 Å². The molecule has 4 rings (SSSR count). The number of hydrogen-bond donors (Lipinski definition) is 0. The van der Waals surface area contributed by atoms with Gasteiger partial charge in [-0.15, -0.1) is 0 Å². The van der Waals surface area contributed by atoms with Gasteiger partial charge in [0.05, 0.1) is 29.3 Å². The van der Waals surface area contributed by atoms with Crippen LogP contribution in [0.5, 0.6) is 0 Å². The van der Waals surface area contributed by atoms with Gasteiger partial charge >= 0.3 is 0 Å². The summed E-state index contributed by atoms with van der Waals surface area (Å²) in [5.41, 5.74) is 2.40. The fourth-order valence-corrected chi connectivity index (χ4v) is 3.84. The standard InChI is InChI=1S/C21H23ClN6O/c1-15(2)20-18(13-25-28(20)17-5-3-4-16(22)12-17)21(29)27-10-8-26(9-11-27)19-14-23-6-7-24-19/h3-7,12-15H,8-11H2,1-2H3. The van der Waals surface area contributed by atoms with Gasteiger partial charge in [0.25, 0.3) is 5.91 Å². The van der Waals surface area contributed by atoms with Crippen molar-refractivity contribution < 1.29 is 4.79 Å². The Bertz CT molecular complexity index is 995. The lowest BCUT2D eigenvalue weighted by Gasteiger charge is -2.35. The van der Waals surface area contributed by atoms with Gasteiger partial charge in [-0.25, -0.2) is 9.67 Å². The SMILES string of the molecule is CC(C)c1c(C(=O)N2CCN(c3cnccn3)CC2)cnn1-c1cccc(Cl)c1. The van der Waals surface area contributed by atoms with Gasteiger partial charge in [0.15, 0.2) is 0 Å². The highest BCUT2D eigenvalue weighted by Gasteiger charge is 2.28. The molecule has 0 bridgehead atoms. The Kier molecular flexibility index (Phi) is 5.49. The number of halogens is 1. The van der Waals surface area contributed by atoms with E-state index in [1.54, 1.807) is 24.8 Å². The average molecular weight is 411 g/mol. The van der Waals surface area contributed by atoms with Crippen molar-refractivity contribution in [2.75, 3.05) is 31.1 Å². The van der Waals surface area contributed by atoms with Crippen LogP contribution in [0.1, 0.15) is 35.8 Å². The average Bonchev–Trinajstić information content (AvgIpc) is 3.19. The monoisotopic (exact) mass is 410 g/mol. The summed E-state index contributed by atoms with van der Waals surface area (Å²) in [4.78, 5) is 25.8. The summed E-state index contributed by atoms with van der Waals surface area (Å²) in [6.45, 7) is 6.86. The highest BCUT2D eigenvalue weighted by Crippen LogP contribution is 2.26. The van der Waals surface area contributed by atoms with Gasteiger partial charge in [0.1, 0.15) is 5.82 Å². The zero-order chi connectivity index (χ0) is 20.4. The Hall–Kier alpha value is -2.93. The van der Waals surface area contributed by atoms with Crippen LogP contribution >= 0.6 is 11.6 Å². The summed E-state index contributed by atoms with van der Waals surface area (Å²) in [5.74, 6) is 0.994. The van der Waals surface area contributed by atoms with Crippen LogP contribution in [0.3, 0.4) is 0 Å². The Labute approximate surface area is 174 Å². The lowest BCUT2D eigenvalue weighted by Crippen LogP contribution is -2.49. The molecule has 1 aliphatic heterocycles. The molecule has 0 saturated carbocycles. The summed E-state index contributed by atoms with van der Waals surface area (Å²) in [6.07, 6.45) is 6.78. The van der Waals surface area contributed by atoms with Crippen LogP contribution in [0.15, 0.2) is 49.1 Å². The summed E-state index contributed by atoms with van der Waals surface area (Å²) in [5, 5.41) is 5.15. The van der Waals surface area contributed by atoms with Gasteiger partial charge in [-0.2, -0.15) is 5.10 Å². The largest absolute Gasteiger partial charge is 0.352 e. The molecule has 7 nitrogen and oxygen atoms in total. The maximum Gasteiger partial charge on any atom is 0.257 e. The van der Waals surface area contributed by atoms with Crippen molar-refractivity contribution in [1.29, 1.82) is 0 Å². The van der Waals surface area contributed by atoms with Gasteiger partial charge in [0, 0.05) is 43.6 Å². The van der Waals surface area contributed by atoms with Crippen LogP contribution in [-0.2, 0) is 0 Å². The molecule has 0 aliphatic carbocycles. The Morgan fingerprint density at radius 3 is 2.55 bits per heavy atom. The Morgan fingerprint density at radius 1 is 1.10 bits per heavy atom. The van der Waals surface area contributed by atoms with E-state index in [1.807, 2.05) is 33.8 Å². The van der Waals surface area contributed by atoms with Crippen LogP contribution in [0.4, 0.5) is 5.82 Å². The molecule has 8 heteroatoms. The van der Waals surface area contributed by atoms with E-state index >= 15 is 0 Å². The van der Waals surface area contributed by atoms with Crippen molar-refractivity contribution in [2.24, 2.45) is 0 Å². The third-order valence-corrected chi connectivity index (χ3v) is 5.31.